The van der Waals surface area contributed by atoms with Gasteiger partial charge >= 0.3 is 6.09 Å². The van der Waals surface area contributed by atoms with Crippen molar-refractivity contribution in [3.8, 4) is 0 Å². The highest BCUT2D eigenvalue weighted by Gasteiger charge is 2.35. The van der Waals surface area contributed by atoms with Gasteiger partial charge in [0.15, 0.2) is 5.13 Å². The highest BCUT2D eigenvalue weighted by molar-refractivity contribution is 7.15. The second kappa shape index (κ2) is 10.3. The van der Waals surface area contributed by atoms with E-state index in [-0.39, 0.29) is 12.5 Å². The monoisotopic (exact) mass is 489 g/mol. The lowest BCUT2D eigenvalue weighted by Crippen LogP contribution is -2.43. The number of amides is 2. The Morgan fingerprint density at radius 3 is 2.78 bits per heavy atom. The van der Waals surface area contributed by atoms with Crippen LogP contribution in [0.5, 0.6) is 0 Å². The Hall–Kier alpha value is -2.61. The van der Waals surface area contributed by atoms with E-state index in [2.05, 4.69) is 10.3 Å². The first-order valence-electron chi connectivity index (χ1n) is 10.2. The minimum atomic E-state index is -0.576. The molecule has 6 nitrogen and oxygen atoms in total. The third kappa shape index (κ3) is 5.41. The predicted octanol–water partition coefficient (Wildman–Crippen LogP) is 5.78. The molecule has 1 N–H and O–H groups in total. The quantitative estimate of drug-likeness (QED) is 0.476. The molecule has 1 atom stereocenters. The predicted molar refractivity (Wildman–Crippen MR) is 126 cm³/mol. The van der Waals surface area contributed by atoms with Gasteiger partial charge in [0, 0.05) is 24.0 Å². The van der Waals surface area contributed by atoms with Crippen molar-refractivity contribution in [1.82, 2.24) is 9.88 Å². The van der Waals surface area contributed by atoms with E-state index in [0.29, 0.717) is 34.6 Å². The topological polar surface area (TPSA) is 71.5 Å². The molecule has 9 heteroatoms. The molecule has 1 fully saturated rings. The molecule has 4 rings (SSSR count). The van der Waals surface area contributed by atoms with Crippen LogP contribution in [0.15, 0.2) is 54.7 Å². The van der Waals surface area contributed by atoms with Crippen molar-refractivity contribution >= 4 is 51.7 Å². The summed E-state index contributed by atoms with van der Waals surface area (Å²) >= 11 is 13.7. The van der Waals surface area contributed by atoms with E-state index in [1.807, 2.05) is 42.5 Å². The van der Waals surface area contributed by atoms with E-state index < -0.39 is 12.1 Å². The number of aromatic nitrogens is 1. The van der Waals surface area contributed by atoms with Crippen LogP contribution in [-0.2, 0) is 22.6 Å². The van der Waals surface area contributed by atoms with Crippen LogP contribution in [0.3, 0.4) is 0 Å². The van der Waals surface area contributed by atoms with Crippen LogP contribution in [0, 0.1) is 0 Å². The first-order chi connectivity index (χ1) is 15.5. The Labute approximate surface area is 200 Å². The molecule has 0 radical (unpaired) electrons. The third-order valence-electron chi connectivity index (χ3n) is 5.18. The lowest BCUT2D eigenvalue weighted by molar-refractivity contribution is -0.120. The van der Waals surface area contributed by atoms with Gasteiger partial charge in [0.05, 0.1) is 10.0 Å². The minimum absolute atomic E-state index is 0.173. The zero-order valence-corrected chi connectivity index (χ0v) is 19.4. The molecular weight excluding hydrogens is 469 g/mol. The largest absolute Gasteiger partial charge is 0.445 e. The van der Waals surface area contributed by atoms with Crippen molar-refractivity contribution in [2.24, 2.45) is 0 Å². The Balaban J connectivity index is 1.35. The van der Waals surface area contributed by atoms with Crippen LogP contribution in [0.1, 0.15) is 28.8 Å². The Morgan fingerprint density at radius 2 is 1.97 bits per heavy atom. The Morgan fingerprint density at radius 1 is 1.16 bits per heavy atom. The molecule has 166 valence electrons. The standard InChI is InChI=1S/C23H21Cl2N3O3S/c24-18-9-4-8-16(20(18)25)12-17-13-26-22(32-17)27-21(29)19-10-5-11-28(19)23(30)31-14-15-6-2-1-3-7-15/h1-4,6-9,13,19H,5,10-12,14H2,(H,26,27,29). The fraction of sp³-hybridized carbons (Fsp3) is 0.261. The summed E-state index contributed by atoms with van der Waals surface area (Å²) in [6.07, 6.45) is 3.12. The number of hydrogen-bond donors (Lipinski definition) is 1. The van der Waals surface area contributed by atoms with Crippen LogP contribution in [0.2, 0.25) is 10.0 Å². The van der Waals surface area contributed by atoms with Crippen molar-refractivity contribution < 1.29 is 14.3 Å². The smallest absolute Gasteiger partial charge is 0.410 e. The number of thiazole rings is 1. The summed E-state index contributed by atoms with van der Waals surface area (Å²) in [5.41, 5.74) is 1.79. The number of carbonyl (C=O) groups excluding carboxylic acids is 2. The molecule has 1 aromatic heterocycles. The highest BCUT2D eigenvalue weighted by atomic mass is 35.5. The fourth-order valence-electron chi connectivity index (χ4n) is 3.57. The normalized spacial score (nSPS) is 15.6. The molecule has 2 aromatic carbocycles. The molecule has 2 heterocycles. The molecule has 2 amide bonds. The molecule has 0 bridgehead atoms. The van der Waals surface area contributed by atoms with Crippen molar-refractivity contribution in [2.45, 2.75) is 31.9 Å². The van der Waals surface area contributed by atoms with Crippen molar-refractivity contribution in [2.75, 3.05) is 11.9 Å². The molecule has 0 spiro atoms. The maximum Gasteiger partial charge on any atom is 0.410 e. The van der Waals surface area contributed by atoms with Crippen LogP contribution in [-0.4, -0.2) is 34.5 Å². The number of anilines is 1. The summed E-state index contributed by atoms with van der Waals surface area (Å²) in [6, 6.07) is 14.4. The van der Waals surface area contributed by atoms with E-state index in [9.17, 15) is 9.59 Å². The highest BCUT2D eigenvalue weighted by Crippen LogP contribution is 2.30. The SMILES string of the molecule is O=C(Nc1ncc(Cc2cccc(Cl)c2Cl)s1)C1CCCN1C(=O)OCc1ccccc1. The van der Waals surface area contributed by atoms with Gasteiger partial charge in [-0.05, 0) is 30.0 Å². The van der Waals surface area contributed by atoms with Crippen LogP contribution >= 0.6 is 34.5 Å². The van der Waals surface area contributed by atoms with E-state index in [4.69, 9.17) is 27.9 Å². The summed E-state index contributed by atoms with van der Waals surface area (Å²) in [7, 11) is 0. The van der Waals surface area contributed by atoms with Crippen molar-refractivity contribution in [3.63, 3.8) is 0 Å². The lowest BCUT2D eigenvalue weighted by atomic mass is 10.1. The van der Waals surface area contributed by atoms with Gasteiger partial charge < -0.3 is 10.1 Å². The molecule has 1 aliphatic rings. The van der Waals surface area contributed by atoms with Gasteiger partial charge in [-0.3, -0.25) is 9.69 Å². The molecule has 3 aromatic rings. The zero-order valence-electron chi connectivity index (χ0n) is 17.1. The molecule has 32 heavy (non-hydrogen) atoms. The first-order valence-corrected chi connectivity index (χ1v) is 11.7. The maximum atomic E-state index is 12.8. The van der Waals surface area contributed by atoms with Gasteiger partial charge in [0.1, 0.15) is 12.6 Å². The Bertz CT molecular complexity index is 1110. The summed E-state index contributed by atoms with van der Waals surface area (Å²) in [5, 5.41) is 4.33. The number of benzene rings is 2. The van der Waals surface area contributed by atoms with Gasteiger partial charge in [-0.1, -0.05) is 65.7 Å². The number of rotatable bonds is 6. The Kier molecular flexibility index (Phi) is 7.29. The van der Waals surface area contributed by atoms with Crippen molar-refractivity contribution in [1.29, 1.82) is 0 Å². The maximum absolute atomic E-state index is 12.8. The summed E-state index contributed by atoms with van der Waals surface area (Å²) in [4.78, 5) is 32.1. The summed E-state index contributed by atoms with van der Waals surface area (Å²) in [6.45, 7) is 0.661. The number of likely N-dealkylation sites (tertiary alicyclic amines) is 1. The molecule has 0 saturated carbocycles. The second-order valence-electron chi connectivity index (χ2n) is 7.40. The van der Waals surface area contributed by atoms with Crippen molar-refractivity contribution in [3.05, 3.63) is 80.8 Å². The van der Waals surface area contributed by atoms with Gasteiger partial charge in [-0.25, -0.2) is 9.78 Å². The van der Waals surface area contributed by atoms with Crippen LogP contribution < -0.4 is 5.32 Å². The summed E-state index contributed by atoms with van der Waals surface area (Å²) in [5.74, 6) is -0.263. The van der Waals surface area contributed by atoms with E-state index in [1.165, 1.54) is 16.2 Å². The second-order valence-corrected chi connectivity index (χ2v) is 9.30. The number of hydrogen-bond acceptors (Lipinski definition) is 5. The van der Waals surface area contributed by atoms with Crippen LogP contribution in [0.4, 0.5) is 9.93 Å². The van der Waals surface area contributed by atoms with E-state index in [1.54, 1.807) is 12.3 Å². The van der Waals surface area contributed by atoms with Gasteiger partial charge in [-0.2, -0.15) is 0 Å². The molecular formula is C23H21Cl2N3O3S. The molecule has 0 aliphatic carbocycles. The molecule has 1 unspecified atom stereocenters. The van der Waals surface area contributed by atoms with Crippen LogP contribution in [0.25, 0.3) is 0 Å². The van der Waals surface area contributed by atoms with E-state index >= 15 is 0 Å². The van der Waals surface area contributed by atoms with Gasteiger partial charge in [0.25, 0.3) is 0 Å². The first kappa shape index (κ1) is 22.6. The lowest BCUT2D eigenvalue weighted by Gasteiger charge is -2.22. The number of halogens is 2. The van der Waals surface area contributed by atoms with Gasteiger partial charge in [-0.15, -0.1) is 11.3 Å². The number of nitrogens with zero attached hydrogens (tertiary/aromatic N) is 2. The fourth-order valence-corrected chi connectivity index (χ4v) is 4.79. The molecule has 1 aliphatic heterocycles. The van der Waals surface area contributed by atoms with E-state index in [0.717, 1.165) is 22.4 Å². The number of carbonyl (C=O) groups is 2. The minimum Gasteiger partial charge on any atom is -0.445 e. The number of nitrogens with one attached hydrogen (secondary N) is 1. The zero-order chi connectivity index (χ0) is 22.5. The van der Waals surface area contributed by atoms with Gasteiger partial charge in [0.2, 0.25) is 5.91 Å². The number of ether oxygens (including phenoxy) is 1. The average molecular weight is 490 g/mol. The molecule has 1 saturated heterocycles. The average Bonchev–Trinajstić information content (AvgIpc) is 3.46. The summed E-state index contributed by atoms with van der Waals surface area (Å²) < 4.78 is 5.40. The third-order valence-corrected chi connectivity index (χ3v) is 6.95.